The molecule has 1 aromatic rings. The van der Waals surface area contributed by atoms with E-state index in [2.05, 4.69) is 4.98 Å². The molecular weight excluding hydrogens is 232 g/mol. The molecular formula is C13H16N2O3. The van der Waals surface area contributed by atoms with Gasteiger partial charge in [0.05, 0.1) is 5.92 Å². The zero-order valence-electron chi connectivity index (χ0n) is 10.3. The van der Waals surface area contributed by atoms with Crippen LogP contribution in [0.1, 0.15) is 29.0 Å². The maximum atomic E-state index is 12.2. The molecule has 1 amide bonds. The van der Waals surface area contributed by atoms with E-state index >= 15 is 0 Å². The molecule has 5 nitrogen and oxygen atoms in total. The van der Waals surface area contributed by atoms with Gasteiger partial charge in [-0.3, -0.25) is 9.59 Å². The second-order valence-corrected chi connectivity index (χ2v) is 4.59. The number of nitrogens with zero attached hydrogens (tertiary/aromatic N) is 2. The number of carbonyl (C=O) groups excluding carboxylic acids is 1. The van der Waals surface area contributed by atoms with Crippen molar-refractivity contribution in [3.8, 4) is 0 Å². The maximum Gasteiger partial charge on any atom is 0.308 e. The number of carboxylic acid groups (broad SMARTS) is 1. The molecule has 1 aliphatic heterocycles. The van der Waals surface area contributed by atoms with Gasteiger partial charge in [0.1, 0.15) is 5.69 Å². The highest BCUT2D eigenvalue weighted by Crippen LogP contribution is 2.18. The van der Waals surface area contributed by atoms with Crippen LogP contribution in [0.5, 0.6) is 0 Å². The number of aromatic nitrogens is 1. The van der Waals surface area contributed by atoms with E-state index in [-0.39, 0.29) is 12.5 Å². The van der Waals surface area contributed by atoms with Gasteiger partial charge in [0.15, 0.2) is 0 Å². The van der Waals surface area contributed by atoms with Crippen molar-refractivity contribution in [2.24, 2.45) is 5.92 Å². The van der Waals surface area contributed by atoms with Crippen molar-refractivity contribution in [1.82, 2.24) is 9.88 Å². The number of amides is 1. The minimum atomic E-state index is -0.829. The highest BCUT2D eigenvalue weighted by atomic mass is 16.4. The molecule has 0 spiro atoms. The molecule has 1 aliphatic rings. The Morgan fingerprint density at radius 1 is 1.44 bits per heavy atom. The number of hydrogen-bond donors (Lipinski definition) is 1. The van der Waals surface area contributed by atoms with Crippen LogP contribution in [0.15, 0.2) is 18.2 Å². The number of carbonyl (C=O) groups is 2. The topological polar surface area (TPSA) is 70.5 Å². The lowest BCUT2D eigenvalue weighted by molar-refractivity contribution is -0.143. The van der Waals surface area contributed by atoms with Gasteiger partial charge in [-0.15, -0.1) is 0 Å². The van der Waals surface area contributed by atoms with Crippen molar-refractivity contribution in [2.45, 2.75) is 19.8 Å². The summed E-state index contributed by atoms with van der Waals surface area (Å²) >= 11 is 0. The smallest absolute Gasteiger partial charge is 0.308 e. The van der Waals surface area contributed by atoms with E-state index in [1.54, 1.807) is 17.0 Å². The van der Waals surface area contributed by atoms with Gasteiger partial charge < -0.3 is 10.0 Å². The SMILES string of the molecule is Cc1cccc(C(=O)N2CCC[C@@H](C(=O)O)C2)n1. The largest absolute Gasteiger partial charge is 0.481 e. The predicted octanol–water partition coefficient (Wildman–Crippen LogP) is 1.33. The average molecular weight is 248 g/mol. The van der Waals surface area contributed by atoms with Crippen LogP contribution in [0.25, 0.3) is 0 Å². The first-order chi connectivity index (χ1) is 8.58. The fourth-order valence-corrected chi connectivity index (χ4v) is 2.19. The zero-order chi connectivity index (χ0) is 13.1. The van der Waals surface area contributed by atoms with E-state index in [4.69, 9.17) is 5.11 Å². The second-order valence-electron chi connectivity index (χ2n) is 4.59. The average Bonchev–Trinajstić information content (AvgIpc) is 2.38. The van der Waals surface area contributed by atoms with Gasteiger partial charge in [-0.2, -0.15) is 0 Å². The van der Waals surface area contributed by atoms with Gasteiger partial charge in [0.25, 0.3) is 5.91 Å². The minimum absolute atomic E-state index is 0.176. The summed E-state index contributed by atoms with van der Waals surface area (Å²) in [7, 11) is 0. The van der Waals surface area contributed by atoms with Gasteiger partial charge in [0.2, 0.25) is 0 Å². The van der Waals surface area contributed by atoms with Crippen LogP contribution in [0.4, 0.5) is 0 Å². The lowest BCUT2D eigenvalue weighted by atomic mass is 9.98. The van der Waals surface area contributed by atoms with Crippen molar-refractivity contribution in [3.63, 3.8) is 0 Å². The summed E-state index contributed by atoms with van der Waals surface area (Å²) in [5.74, 6) is -1.46. The van der Waals surface area contributed by atoms with E-state index in [1.807, 2.05) is 13.0 Å². The quantitative estimate of drug-likeness (QED) is 0.857. The maximum absolute atomic E-state index is 12.2. The Balaban J connectivity index is 2.11. The summed E-state index contributed by atoms with van der Waals surface area (Å²) < 4.78 is 0. The van der Waals surface area contributed by atoms with Crippen molar-refractivity contribution >= 4 is 11.9 Å². The van der Waals surface area contributed by atoms with E-state index in [1.165, 1.54) is 0 Å². The monoisotopic (exact) mass is 248 g/mol. The number of hydrogen-bond acceptors (Lipinski definition) is 3. The normalized spacial score (nSPS) is 19.6. The van der Waals surface area contributed by atoms with Crippen LogP contribution in [0.2, 0.25) is 0 Å². The predicted molar refractivity (Wildman–Crippen MR) is 65.2 cm³/mol. The van der Waals surface area contributed by atoms with Crippen LogP contribution in [-0.4, -0.2) is 40.0 Å². The number of aliphatic carboxylic acids is 1. The molecule has 0 saturated carbocycles. The zero-order valence-corrected chi connectivity index (χ0v) is 10.3. The van der Waals surface area contributed by atoms with E-state index in [0.717, 1.165) is 12.1 Å². The van der Waals surface area contributed by atoms with Crippen LogP contribution >= 0.6 is 0 Å². The van der Waals surface area contributed by atoms with E-state index < -0.39 is 11.9 Å². The summed E-state index contributed by atoms with van der Waals surface area (Å²) in [6, 6.07) is 5.28. The number of carboxylic acids is 1. The molecule has 0 aliphatic carbocycles. The highest BCUT2D eigenvalue weighted by molar-refractivity contribution is 5.92. The van der Waals surface area contributed by atoms with Gasteiger partial charge in [-0.25, -0.2) is 4.98 Å². The van der Waals surface area contributed by atoms with Gasteiger partial charge in [0, 0.05) is 18.8 Å². The second kappa shape index (κ2) is 5.16. The first kappa shape index (κ1) is 12.5. The van der Waals surface area contributed by atoms with Gasteiger partial charge in [-0.1, -0.05) is 6.07 Å². The lowest BCUT2D eigenvalue weighted by Crippen LogP contribution is -2.42. The van der Waals surface area contributed by atoms with Crippen LogP contribution < -0.4 is 0 Å². The van der Waals surface area contributed by atoms with Crippen molar-refractivity contribution in [1.29, 1.82) is 0 Å². The first-order valence-corrected chi connectivity index (χ1v) is 6.03. The number of aryl methyl sites for hydroxylation is 1. The molecule has 1 atom stereocenters. The summed E-state index contributed by atoms with van der Waals surface area (Å²) in [5, 5.41) is 9.00. The molecule has 0 radical (unpaired) electrons. The van der Waals surface area contributed by atoms with Crippen LogP contribution in [-0.2, 0) is 4.79 Å². The lowest BCUT2D eigenvalue weighted by Gasteiger charge is -2.30. The molecule has 1 aromatic heterocycles. The molecule has 0 bridgehead atoms. The Bertz CT molecular complexity index is 473. The third-order valence-corrected chi connectivity index (χ3v) is 3.17. The number of pyridine rings is 1. The Morgan fingerprint density at radius 3 is 2.89 bits per heavy atom. The molecule has 96 valence electrons. The molecule has 5 heteroatoms. The minimum Gasteiger partial charge on any atom is -0.481 e. The molecule has 2 heterocycles. The first-order valence-electron chi connectivity index (χ1n) is 6.03. The van der Waals surface area contributed by atoms with Crippen molar-refractivity contribution < 1.29 is 14.7 Å². The molecule has 1 saturated heterocycles. The van der Waals surface area contributed by atoms with Crippen molar-refractivity contribution in [2.75, 3.05) is 13.1 Å². The third-order valence-electron chi connectivity index (χ3n) is 3.17. The Kier molecular flexibility index (Phi) is 3.60. The third kappa shape index (κ3) is 2.67. The summed E-state index contributed by atoms with van der Waals surface area (Å²) in [5.41, 5.74) is 1.17. The molecule has 1 N–H and O–H groups in total. The molecule has 0 unspecified atom stereocenters. The highest BCUT2D eigenvalue weighted by Gasteiger charge is 2.28. The van der Waals surface area contributed by atoms with E-state index in [9.17, 15) is 9.59 Å². The summed E-state index contributed by atoms with van der Waals surface area (Å²) in [6.07, 6.45) is 1.37. The fraction of sp³-hybridized carbons (Fsp3) is 0.462. The molecule has 0 aromatic carbocycles. The fourth-order valence-electron chi connectivity index (χ4n) is 2.19. The Hall–Kier alpha value is -1.91. The van der Waals surface area contributed by atoms with Crippen LogP contribution in [0.3, 0.4) is 0 Å². The molecule has 1 fully saturated rings. The summed E-state index contributed by atoms with van der Waals surface area (Å²) in [6.45, 7) is 2.72. The number of rotatable bonds is 2. The number of likely N-dealkylation sites (tertiary alicyclic amines) is 1. The number of piperidine rings is 1. The van der Waals surface area contributed by atoms with Crippen LogP contribution in [0, 0.1) is 12.8 Å². The Labute approximate surface area is 105 Å². The standard InChI is InChI=1S/C13H16N2O3/c1-9-4-2-6-11(14-9)12(16)15-7-3-5-10(8-15)13(17)18/h2,4,6,10H,3,5,7-8H2,1H3,(H,17,18)/t10-/m1/s1. The molecule has 18 heavy (non-hydrogen) atoms. The van der Waals surface area contributed by atoms with Crippen molar-refractivity contribution in [3.05, 3.63) is 29.6 Å². The van der Waals surface area contributed by atoms with Gasteiger partial charge >= 0.3 is 5.97 Å². The summed E-state index contributed by atoms with van der Waals surface area (Å²) in [4.78, 5) is 28.9. The van der Waals surface area contributed by atoms with Gasteiger partial charge in [-0.05, 0) is 31.9 Å². The Morgan fingerprint density at radius 2 is 2.22 bits per heavy atom. The molecule has 2 rings (SSSR count). The van der Waals surface area contributed by atoms with E-state index in [0.29, 0.717) is 18.7 Å².